The molecule has 0 amide bonds. The third-order valence-electron chi connectivity index (χ3n) is 4.71. The molecule has 1 heterocycles. The maximum Gasteiger partial charge on any atom is 0.237 e. The summed E-state index contributed by atoms with van der Waals surface area (Å²) in [7, 11) is 1.95. The Labute approximate surface area is 139 Å². The molecular weight excluding hydrogens is 342 g/mol. The van der Waals surface area contributed by atoms with Crippen molar-refractivity contribution in [1.82, 2.24) is 15.5 Å². The fourth-order valence-electron chi connectivity index (χ4n) is 3.28. The Morgan fingerprint density at radius 3 is 2.59 bits per heavy atom. The number of rotatable bonds is 5. The summed E-state index contributed by atoms with van der Waals surface area (Å²) in [4.78, 5) is 4.72. The van der Waals surface area contributed by atoms with Gasteiger partial charge in [0.05, 0.1) is 5.41 Å². The van der Waals surface area contributed by atoms with Gasteiger partial charge in [-0.2, -0.15) is 4.98 Å². The smallest absolute Gasteiger partial charge is 0.237 e. The summed E-state index contributed by atoms with van der Waals surface area (Å²) in [6.07, 6.45) is 5.37. The molecule has 1 unspecified atom stereocenters. The number of aromatic nitrogens is 2. The second-order valence-corrected chi connectivity index (χ2v) is 7.12. The van der Waals surface area contributed by atoms with Gasteiger partial charge in [0.1, 0.15) is 0 Å². The molecule has 1 atom stereocenters. The van der Waals surface area contributed by atoms with Gasteiger partial charge in [0, 0.05) is 16.9 Å². The van der Waals surface area contributed by atoms with E-state index in [1.54, 1.807) is 0 Å². The molecule has 0 radical (unpaired) electrons. The number of likely N-dealkylation sites (N-methyl/N-ethyl adjacent to an activating group) is 1. The van der Waals surface area contributed by atoms with E-state index in [9.17, 15) is 0 Å². The predicted molar refractivity (Wildman–Crippen MR) is 89.9 cm³/mol. The molecule has 1 N–H and O–H groups in total. The van der Waals surface area contributed by atoms with Crippen LogP contribution < -0.4 is 5.32 Å². The van der Waals surface area contributed by atoms with Crippen molar-refractivity contribution in [2.24, 2.45) is 0 Å². The summed E-state index contributed by atoms with van der Waals surface area (Å²) in [5, 5.41) is 7.41. The van der Waals surface area contributed by atoms with Crippen molar-refractivity contribution in [3.63, 3.8) is 0 Å². The van der Waals surface area contributed by atoms with Crippen LogP contribution in [0.15, 0.2) is 33.3 Å². The maximum atomic E-state index is 5.68. The van der Waals surface area contributed by atoms with E-state index in [0.29, 0.717) is 6.04 Å². The van der Waals surface area contributed by atoms with Crippen LogP contribution in [0.5, 0.6) is 0 Å². The normalized spacial score (nSPS) is 18.5. The molecule has 1 aliphatic rings. The summed E-state index contributed by atoms with van der Waals surface area (Å²) >= 11 is 3.51. The minimum atomic E-state index is -0.102. The molecule has 22 heavy (non-hydrogen) atoms. The number of hydrogen-bond donors (Lipinski definition) is 1. The van der Waals surface area contributed by atoms with Crippen molar-refractivity contribution in [1.29, 1.82) is 0 Å². The Kier molecular flexibility index (Phi) is 4.64. The molecule has 2 aromatic rings. The highest BCUT2D eigenvalue weighted by atomic mass is 79.9. The molecule has 0 aliphatic heterocycles. The molecule has 1 fully saturated rings. The lowest BCUT2D eigenvalue weighted by molar-refractivity contribution is 0.308. The van der Waals surface area contributed by atoms with E-state index in [1.807, 2.05) is 7.05 Å². The van der Waals surface area contributed by atoms with Gasteiger partial charge in [-0.25, -0.2) is 0 Å². The van der Waals surface area contributed by atoms with Crippen molar-refractivity contribution in [3.8, 4) is 0 Å². The van der Waals surface area contributed by atoms with Gasteiger partial charge in [0.15, 0.2) is 5.82 Å². The van der Waals surface area contributed by atoms with E-state index in [1.165, 1.54) is 18.4 Å². The molecule has 0 bridgehead atoms. The van der Waals surface area contributed by atoms with Crippen LogP contribution in [0.2, 0.25) is 0 Å². The summed E-state index contributed by atoms with van der Waals surface area (Å²) in [6.45, 7) is 2.12. The first-order chi connectivity index (χ1) is 10.6. The zero-order valence-electron chi connectivity index (χ0n) is 13.1. The lowest BCUT2D eigenvalue weighted by Crippen LogP contribution is -2.25. The lowest BCUT2D eigenvalue weighted by Gasteiger charge is -2.25. The number of benzene rings is 1. The minimum absolute atomic E-state index is 0.102. The van der Waals surface area contributed by atoms with Crippen LogP contribution >= 0.6 is 15.9 Å². The Morgan fingerprint density at radius 2 is 1.95 bits per heavy atom. The Morgan fingerprint density at radius 1 is 1.27 bits per heavy atom. The Bertz CT molecular complexity index is 617. The zero-order chi connectivity index (χ0) is 15.6. The highest BCUT2D eigenvalue weighted by Gasteiger charge is 2.42. The molecule has 0 saturated heterocycles. The standard InChI is InChI=1S/C17H22BrN3O/c1-12(19-2)11-15-20-16(22-21-15)17(9-3-4-10-17)13-5-7-14(18)8-6-13/h5-8,12,19H,3-4,9-11H2,1-2H3. The van der Waals surface area contributed by atoms with E-state index in [0.717, 1.165) is 35.5 Å². The quantitative estimate of drug-likeness (QED) is 0.876. The van der Waals surface area contributed by atoms with Crippen molar-refractivity contribution in [3.05, 3.63) is 46.0 Å². The number of hydrogen-bond acceptors (Lipinski definition) is 4. The van der Waals surface area contributed by atoms with Crippen LogP contribution in [-0.4, -0.2) is 23.2 Å². The predicted octanol–water partition coefficient (Wildman–Crippen LogP) is 3.84. The van der Waals surface area contributed by atoms with Gasteiger partial charge in [0.25, 0.3) is 0 Å². The van der Waals surface area contributed by atoms with Gasteiger partial charge < -0.3 is 9.84 Å². The first-order valence-electron chi connectivity index (χ1n) is 7.90. The molecule has 1 aromatic carbocycles. The number of nitrogens with one attached hydrogen (secondary N) is 1. The van der Waals surface area contributed by atoms with Crippen molar-refractivity contribution in [2.75, 3.05) is 7.05 Å². The molecule has 1 aromatic heterocycles. The summed E-state index contributed by atoms with van der Waals surface area (Å²) in [6, 6.07) is 8.88. The van der Waals surface area contributed by atoms with Crippen LogP contribution in [0.4, 0.5) is 0 Å². The Hall–Kier alpha value is -1.20. The fourth-order valence-corrected chi connectivity index (χ4v) is 3.55. The SMILES string of the molecule is CNC(C)Cc1noc(C2(c3ccc(Br)cc3)CCCC2)n1. The zero-order valence-corrected chi connectivity index (χ0v) is 14.7. The topological polar surface area (TPSA) is 51.0 Å². The fraction of sp³-hybridized carbons (Fsp3) is 0.529. The third kappa shape index (κ3) is 2.97. The number of nitrogens with zero attached hydrogens (tertiary/aromatic N) is 2. The van der Waals surface area contributed by atoms with Gasteiger partial charge in [-0.15, -0.1) is 0 Å². The van der Waals surface area contributed by atoms with Gasteiger partial charge in [0.2, 0.25) is 5.89 Å². The average Bonchev–Trinajstić information content (AvgIpc) is 3.17. The van der Waals surface area contributed by atoms with Crippen molar-refractivity contribution < 1.29 is 4.52 Å². The van der Waals surface area contributed by atoms with Crippen molar-refractivity contribution >= 4 is 15.9 Å². The molecule has 1 saturated carbocycles. The molecular formula is C17H22BrN3O. The van der Waals surface area contributed by atoms with Gasteiger partial charge in [-0.3, -0.25) is 0 Å². The monoisotopic (exact) mass is 363 g/mol. The molecule has 118 valence electrons. The van der Waals surface area contributed by atoms with Gasteiger partial charge in [-0.1, -0.05) is 46.1 Å². The summed E-state index contributed by atoms with van der Waals surface area (Å²) in [5.74, 6) is 1.57. The summed E-state index contributed by atoms with van der Waals surface area (Å²) < 4.78 is 6.78. The molecule has 5 heteroatoms. The van der Waals surface area contributed by atoms with Crippen molar-refractivity contribution in [2.45, 2.75) is 50.5 Å². The van der Waals surface area contributed by atoms with Crippen LogP contribution in [-0.2, 0) is 11.8 Å². The molecule has 1 aliphatic carbocycles. The van der Waals surface area contributed by atoms with E-state index >= 15 is 0 Å². The highest BCUT2D eigenvalue weighted by Crippen LogP contribution is 2.45. The summed E-state index contributed by atoms with van der Waals surface area (Å²) in [5.41, 5.74) is 1.18. The van der Waals surface area contributed by atoms with E-state index < -0.39 is 0 Å². The first-order valence-corrected chi connectivity index (χ1v) is 8.70. The molecule has 4 nitrogen and oxygen atoms in total. The minimum Gasteiger partial charge on any atom is -0.338 e. The number of halogens is 1. The third-order valence-corrected chi connectivity index (χ3v) is 5.24. The first kappa shape index (κ1) is 15.7. The molecule has 0 spiro atoms. The lowest BCUT2D eigenvalue weighted by atomic mass is 9.79. The molecule has 3 rings (SSSR count). The van der Waals surface area contributed by atoms with Crippen LogP contribution in [0.25, 0.3) is 0 Å². The van der Waals surface area contributed by atoms with Crippen LogP contribution in [0.1, 0.15) is 49.9 Å². The highest BCUT2D eigenvalue weighted by molar-refractivity contribution is 9.10. The van der Waals surface area contributed by atoms with E-state index in [2.05, 4.69) is 57.6 Å². The second kappa shape index (κ2) is 6.50. The largest absolute Gasteiger partial charge is 0.338 e. The van der Waals surface area contributed by atoms with Gasteiger partial charge in [-0.05, 0) is 44.5 Å². The average molecular weight is 364 g/mol. The maximum absolute atomic E-state index is 5.68. The van der Waals surface area contributed by atoms with Gasteiger partial charge >= 0.3 is 0 Å². The van der Waals surface area contributed by atoms with Crippen LogP contribution in [0, 0.1) is 0 Å². The Balaban J connectivity index is 1.93. The van der Waals surface area contributed by atoms with E-state index in [4.69, 9.17) is 9.51 Å². The van der Waals surface area contributed by atoms with Crippen LogP contribution in [0.3, 0.4) is 0 Å². The van der Waals surface area contributed by atoms with E-state index in [-0.39, 0.29) is 5.41 Å². The second-order valence-electron chi connectivity index (χ2n) is 6.21.